The summed E-state index contributed by atoms with van der Waals surface area (Å²) in [5.74, 6) is 0.0175. The second-order valence-corrected chi connectivity index (χ2v) is 8.43. The van der Waals surface area contributed by atoms with Gasteiger partial charge in [0.15, 0.2) is 0 Å². The second kappa shape index (κ2) is 7.87. The lowest BCUT2D eigenvalue weighted by molar-refractivity contribution is 0.0624. The van der Waals surface area contributed by atoms with Crippen LogP contribution in [0.5, 0.6) is 0 Å². The Bertz CT molecular complexity index is 1320. The van der Waals surface area contributed by atoms with E-state index in [4.69, 9.17) is 16.0 Å². The fraction of sp³-hybridized carbons (Fsp3) is 0.250. The maximum Gasteiger partial charge on any atom is 0.336 e. The molecule has 3 heterocycles. The quantitative estimate of drug-likeness (QED) is 0.490. The molecule has 0 spiro atoms. The highest BCUT2D eigenvalue weighted by molar-refractivity contribution is 6.32. The Morgan fingerprint density at radius 3 is 2.65 bits per heavy atom. The molecule has 31 heavy (non-hydrogen) atoms. The van der Waals surface area contributed by atoms with E-state index in [1.54, 1.807) is 6.07 Å². The summed E-state index contributed by atoms with van der Waals surface area (Å²) >= 11 is 6.30. The van der Waals surface area contributed by atoms with E-state index in [0.717, 1.165) is 40.5 Å². The van der Waals surface area contributed by atoms with Gasteiger partial charge in [-0.1, -0.05) is 29.8 Å². The number of aromatic nitrogens is 1. The van der Waals surface area contributed by atoms with Gasteiger partial charge in [0, 0.05) is 60.1 Å². The number of hydrogen-bond acceptors (Lipinski definition) is 4. The van der Waals surface area contributed by atoms with Crippen molar-refractivity contribution in [2.24, 2.45) is 0 Å². The number of halogens is 1. The van der Waals surface area contributed by atoms with Crippen LogP contribution in [0, 0.1) is 6.92 Å². The standard InChI is InChI=1S/C24H22ClN3O3/c1-15-10-22-18(13-19(15)25)17(12-23(29)31-22)14-27-6-8-28(9-7-27)24(30)21-11-16-4-2-3-5-20(16)26-21/h2-5,10-13,26H,6-9,14H2,1H3. The molecule has 1 saturated heterocycles. The van der Waals surface area contributed by atoms with Crippen molar-refractivity contribution in [2.75, 3.05) is 26.2 Å². The van der Waals surface area contributed by atoms with Gasteiger partial charge in [0.2, 0.25) is 0 Å². The summed E-state index contributed by atoms with van der Waals surface area (Å²) in [4.78, 5) is 32.3. The topological polar surface area (TPSA) is 69.6 Å². The molecule has 2 aromatic heterocycles. The molecule has 1 fully saturated rings. The largest absolute Gasteiger partial charge is 0.423 e. The number of benzene rings is 2. The molecular formula is C24H22ClN3O3. The molecule has 158 valence electrons. The normalized spacial score (nSPS) is 15.1. The van der Waals surface area contributed by atoms with E-state index < -0.39 is 0 Å². The van der Waals surface area contributed by atoms with E-state index >= 15 is 0 Å². The first-order valence-electron chi connectivity index (χ1n) is 10.3. The monoisotopic (exact) mass is 435 g/mol. The lowest BCUT2D eigenvalue weighted by atomic mass is 10.1. The highest BCUT2D eigenvalue weighted by Gasteiger charge is 2.24. The van der Waals surface area contributed by atoms with E-state index in [9.17, 15) is 9.59 Å². The molecule has 1 N–H and O–H groups in total. The zero-order valence-electron chi connectivity index (χ0n) is 17.2. The number of rotatable bonds is 3. The number of nitrogens with zero attached hydrogens (tertiary/aromatic N) is 2. The number of H-pyrrole nitrogens is 1. The van der Waals surface area contributed by atoms with E-state index in [-0.39, 0.29) is 11.5 Å². The number of para-hydroxylation sites is 1. The maximum atomic E-state index is 12.9. The Kier molecular flexibility index (Phi) is 5.04. The third kappa shape index (κ3) is 3.84. The molecule has 0 bridgehead atoms. The number of piperazine rings is 1. The van der Waals surface area contributed by atoms with Gasteiger partial charge in [0.1, 0.15) is 11.3 Å². The van der Waals surface area contributed by atoms with Crippen LogP contribution in [0.2, 0.25) is 5.02 Å². The fourth-order valence-electron chi connectivity index (χ4n) is 4.19. The molecule has 5 rings (SSSR count). The first kappa shape index (κ1) is 19.8. The minimum atomic E-state index is -0.364. The maximum absolute atomic E-state index is 12.9. The van der Waals surface area contributed by atoms with Crippen LogP contribution in [0.3, 0.4) is 0 Å². The number of hydrogen-bond donors (Lipinski definition) is 1. The number of aryl methyl sites for hydroxylation is 1. The highest BCUT2D eigenvalue weighted by Crippen LogP contribution is 2.26. The smallest absolute Gasteiger partial charge is 0.336 e. The van der Waals surface area contributed by atoms with Gasteiger partial charge in [0.25, 0.3) is 5.91 Å². The van der Waals surface area contributed by atoms with Crippen LogP contribution in [0.25, 0.3) is 21.9 Å². The lowest BCUT2D eigenvalue weighted by Gasteiger charge is -2.34. The average Bonchev–Trinajstić information content (AvgIpc) is 3.19. The van der Waals surface area contributed by atoms with Crippen LogP contribution in [0.4, 0.5) is 0 Å². The summed E-state index contributed by atoms with van der Waals surface area (Å²) in [6, 6.07) is 15.0. The number of carbonyl (C=O) groups excluding carboxylic acids is 1. The fourth-order valence-corrected chi connectivity index (χ4v) is 4.35. The number of aromatic amines is 1. The van der Waals surface area contributed by atoms with Crippen LogP contribution in [-0.2, 0) is 6.54 Å². The zero-order chi connectivity index (χ0) is 21.5. The minimum Gasteiger partial charge on any atom is -0.423 e. The molecular weight excluding hydrogens is 414 g/mol. The van der Waals surface area contributed by atoms with Crippen molar-refractivity contribution >= 4 is 39.4 Å². The van der Waals surface area contributed by atoms with E-state index in [2.05, 4.69) is 9.88 Å². The summed E-state index contributed by atoms with van der Waals surface area (Å²) < 4.78 is 5.36. The summed E-state index contributed by atoms with van der Waals surface area (Å²) in [5, 5.41) is 2.54. The molecule has 6 nitrogen and oxygen atoms in total. The van der Waals surface area contributed by atoms with E-state index in [1.807, 2.05) is 48.2 Å². The highest BCUT2D eigenvalue weighted by atomic mass is 35.5. The first-order chi connectivity index (χ1) is 15.0. The van der Waals surface area contributed by atoms with Gasteiger partial charge in [-0.15, -0.1) is 0 Å². The third-order valence-electron chi connectivity index (χ3n) is 5.92. The summed E-state index contributed by atoms with van der Waals surface area (Å²) in [6.07, 6.45) is 0. The van der Waals surface area contributed by atoms with Gasteiger partial charge < -0.3 is 14.3 Å². The molecule has 0 saturated carbocycles. The Morgan fingerprint density at radius 1 is 1.10 bits per heavy atom. The van der Waals surface area contributed by atoms with Gasteiger partial charge in [-0.05, 0) is 42.3 Å². The molecule has 0 unspecified atom stereocenters. The van der Waals surface area contributed by atoms with Crippen LogP contribution in [0.15, 0.2) is 57.7 Å². The van der Waals surface area contributed by atoms with Crippen molar-refractivity contribution in [2.45, 2.75) is 13.5 Å². The third-order valence-corrected chi connectivity index (χ3v) is 6.33. The van der Waals surface area contributed by atoms with Gasteiger partial charge in [0.05, 0.1) is 0 Å². The van der Waals surface area contributed by atoms with Gasteiger partial charge in [-0.2, -0.15) is 0 Å². The molecule has 1 aliphatic heterocycles. The van der Waals surface area contributed by atoms with Crippen molar-refractivity contribution in [3.63, 3.8) is 0 Å². The Labute approximate surface area is 184 Å². The Morgan fingerprint density at radius 2 is 1.87 bits per heavy atom. The Hall–Kier alpha value is -3.09. The molecule has 1 aliphatic rings. The number of amides is 1. The SMILES string of the molecule is Cc1cc2oc(=O)cc(CN3CCN(C(=O)c4cc5ccccc5[nH]4)CC3)c2cc1Cl. The summed E-state index contributed by atoms with van der Waals surface area (Å²) in [6.45, 7) is 5.22. The molecule has 4 aromatic rings. The molecule has 2 aromatic carbocycles. The van der Waals surface area contributed by atoms with E-state index in [1.165, 1.54) is 6.07 Å². The van der Waals surface area contributed by atoms with Gasteiger partial charge in [-0.3, -0.25) is 9.69 Å². The van der Waals surface area contributed by atoms with Crippen molar-refractivity contribution in [1.29, 1.82) is 0 Å². The van der Waals surface area contributed by atoms with Gasteiger partial charge in [-0.25, -0.2) is 4.79 Å². The van der Waals surface area contributed by atoms with Crippen LogP contribution >= 0.6 is 11.6 Å². The van der Waals surface area contributed by atoms with Gasteiger partial charge >= 0.3 is 5.63 Å². The minimum absolute atomic E-state index is 0.0175. The Balaban J connectivity index is 1.30. The number of fused-ring (bicyclic) bond motifs is 2. The molecule has 7 heteroatoms. The second-order valence-electron chi connectivity index (χ2n) is 8.03. The van der Waals surface area contributed by atoms with Crippen LogP contribution in [0.1, 0.15) is 21.6 Å². The molecule has 1 amide bonds. The molecule has 0 radical (unpaired) electrons. The van der Waals surface area contributed by atoms with Crippen LogP contribution in [-0.4, -0.2) is 46.9 Å². The number of carbonyl (C=O) groups is 1. The predicted molar refractivity (Wildman–Crippen MR) is 122 cm³/mol. The lowest BCUT2D eigenvalue weighted by Crippen LogP contribution is -2.48. The summed E-state index contributed by atoms with van der Waals surface area (Å²) in [7, 11) is 0. The van der Waals surface area contributed by atoms with Crippen molar-refractivity contribution in [3.8, 4) is 0 Å². The van der Waals surface area contributed by atoms with Crippen molar-refractivity contribution in [1.82, 2.24) is 14.8 Å². The average molecular weight is 436 g/mol. The van der Waals surface area contributed by atoms with Crippen molar-refractivity contribution in [3.05, 3.63) is 80.8 Å². The number of nitrogens with one attached hydrogen (secondary N) is 1. The first-order valence-corrected chi connectivity index (χ1v) is 10.7. The predicted octanol–water partition coefficient (Wildman–Crippen LogP) is 4.19. The van der Waals surface area contributed by atoms with Crippen LogP contribution < -0.4 is 5.63 Å². The van der Waals surface area contributed by atoms with E-state index in [0.29, 0.717) is 35.9 Å². The van der Waals surface area contributed by atoms with Crippen molar-refractivity contribution < 1.29 is 9.21 Å². The molecule has 0 aliphatic carbocycles. The summed E-state index contributed by atoms with van der Waals surface area (Å²) in [5.41, 5.74) is 3.54. The molecule has 0 atom stereocenters. The zero-order valence-corrected chi connectivity index (χ0v) is 17.9.